The third-order valence-electron chi connectivity index (χ3n) is 3.32. The lowest BCUT2D eigenvalue weighted by molar-refractivity contribution is -0.114. The molecule has 0 atom stereocenters. The van der Waals surface area contributed by atoms with Gasteiger partial charge in [0.25, 0.3) is 5.91 Å². The van der Waals surface area contributed by atoms with Gasteiger partial charge in [-0.15, -0.1) is 11.8 Å². The molecule has 3 amide bonds. The second kappa shape index (κ2) is 6.76. The second-order valence-corrected chi connectivity index (χ2v) is 6.28. The van der Waals surface area contributed by atoms with E-state index in [4.69, 9.17) is 0 Å². The summed E-state index contributed by atoms with van der Waals surface area (Å²) in [6, 6.07) is 12.1. The Hall–Kier alpha value is -2.80. The highest BCUT2D eigenvalue weighted by Gasteiger charge is 2.17. The van der Waals surface area contributed by atoms with E-state index in [9.17, 15) is 14.4 Å². The minimum absolute atomic E-state index is 0.0759. The van der Waals surface area contributed by atoms with Gasteiger partial charge in [-0.1, -0.05) is 6.07 Å². The first-order valence-corrected chi connectivity index (χ1v) is 8.25. The maximum absolute atomic E-state index is 12.4. The van der Waals surface area contributed by atoms with E-state index in [0.29, 0.717) is 28.4 Å². The van der Waals surface area contributed by atoms with Gasteiger partial charge in [0.05, 0.1) is 11.4 Å². The number of fused-ring (bicyclic) bond motifs is 1. The third-order valence-corrected chi connectivity index (χ3v) is 4.39. The van der Waals surface area contributed by atoms with Crippen molar-refractivity contribution in [1.82, 2.24) is 0 Å². The number of anilines is 3. The van der Waals surface area contributed by atoms with Crippen LogP contribution < -0.4 is 16.0 Å². The number of carbonyl (C=O) groups is 3. The number of rotatable bonds is 3. The molecule has 24 heavy (non-hydrogen) atoms. The summed E-state index contributed by atoms with van der Waals surface area (Å²) in [5.41, 5.74) is 2.27. The molecule has 2 aromatic rings. The van der Waals surface area contributed by atoms with Gasteiger partial charge in [-0.3, -0.25) is 14.4 Å². The van der Waals surface area contributed by atoms with E-state index >= 15 is 0 Å². The standard InChI is InChI=1S/C17H15N3O3S/c1-10(21)18-12-3-2-4-13(8-12)19-17(23)11-5-6-15-14(7-11)20-16(22)9-24-15/h2-8H,9H2,1H3,(H,18,21)(H,19,23)(H,20,22). The Morgan fingerprint density at radius 3 is 2.58 bits per heavy atom. The molecule has 1 aliphatic rings. The van der Waals surface area contributed by atoms with Crippen LogP contribution in [0.5, 0.6) is 0 Å². The zero-order valence-corrected chi connectivity index (χ0v) is 13.7. The predicted octanol–water partition coefficient (Wildman–Crippen LogP) is 2.94. The lowest BCUT2D eigenvalue weighted by atomic mass is 10.1. The van der Waals surface area contributed by atoms with Crippen LogP contribution in [0.1, 0.15) is 17.3 Å². The van der Waals surface area contributed by atoms with Crippen molar-refractivity contribution in [2.75, 3.05) is 21.7 Å². The van der Waals surface area contributed by atoms with Crippen molar-refractivity contribution in [3.63, 3.8) is 0 Å². The molecule has 0 radical (unpaired) electrons. The van der Waals surface area contributed by atoms with E-state index in [2.05, 4.69) is 16.0 Å². The van der Waals surface area contributed by atoms with Crippen molar-refractivity contribution in [3.05, 3.63) is 48.0 Å². The Labute approximate surface area is 143 Å². The van der Waals surface area contributed by atoms with Gasteiger partial charge in [-0.2, -0.15) is 0 Å². The quantitative estimate of drug-likeness (QED) is 0.801. The molecule has 0 spiro atoms. The van der Waals surface area contributed by atoms with Crippen LogP contribution in [-0.2, 0) is 9.59 Å². The zero-order chi connectivity index (χ0) is 17.1. The molecule has 0 bridgehead atoms. The van der Waals surface area contributed by atoms with Crippen molar-refractivity contribution < 1.29 is 14.4 Å². The Kier molecular flexibility index (Phi) is 4.52. The fourth-order valence-electron chi connectivity index (χ4n) is 2.31. The Bertz CT molecular complexity index is 836. The van der Waals surface area contributed by atoms with Crippen molar-refractivity contribution in [3.8, 4) is 0 Å². The van der Waals surface area contributed by atoms with Crippen LogP contribution in [0.25, 0.3) is 0 Å². The first kappa shape index (κ1) is 16.1. The molecule has 0 unspecified atom stereocenters. The van der Waals surface area contributed by atoms with Crippen LogP contribution in [0.3, 0.4) is 0 Å². The maximum atomic E-state index is 12.4. The minimum atomic E-state index is -0.289. The van der Waals surface area contributed by atoms with Gasteiger partial charge < -0.3 is 16.0 Å². The van der Waals surface area contributed by atoms with Crippen LogP contribution in [0.2, 0.25) is 0 Å². The van der Waals surface area contributed by atoms with Gasteiger partial charge in [0.1, 0.15) is 0 Å². The highest BCUT2D eigenvalue weighted by molar-refractivity contribution is 8.00. The van der Waals surface area contributed by atoms with Gasteiger partial charge >= 0.3 is 0 Å². The largest absolute Gasteiger partial charge is 0.326 e. The Balaban J connectivity index is 1.77. The van der Waals surface area contributed by atoms with E-state index in [1.54, 1.807) is 36.4 Å². The topological polar surface area (TPSA) is 87.3 Å². The van der Waals surface area contributed by atoms with Gasteiger partial charge in [0.2, 0.25) is 11.8 Å². The van der Waals surface area contributed by atoms with Crippen LogP contribution >= 0.6 is 11.8 Å². The fourth-order valence-corrected chi connectivity index (χ4v) is 3.09. The lowest BCUT2D eigenvalue weighted by Crippen LogP contribution is -2.20. The molecule has 3 N–H and O–H groups in total. The molecule has 122 valence electrons. The van der Waals surface area contributed by atoms with Crippen molar-refractivity contribution in [1.29, 1.82) is 0 Å². The molecule has 0 saturated heterocycles. The molecule has 0 aromatic heterocycles. The van der Waals surface area contributed by atoms with Gasteiger partial charge in [0, 0.05) is 28.8 Å². The molecule has 3 rings (SSSR count). The van der Waals surface area contributed by atoms with E-state index in [0.717, 1.165) is 4.90 Å². The Morgan fingerprint density at radius 2 is 1.83 bits per heavy atom. The number of benzene rings is 2. The summed E-state index contributed by atoms with van der Waals surface area (Å²) in [4.78, 5) is 35.9. The van der Waals surface area contributed by atoms with Crippen LogP contribution in [-0.4, -0.2) is 23.5 Å². The summed E-state index contributed by atoms with van der Waals surface area (Å²) in [5.74, 6) is -0.161. The molecule has 0 saturated carbocycles. The van der Waals surface area contributed by atoms with E-state index in [1.807, 2.05) is 6.07 Å². The second-order valence-electron chi connectivity index (χ2n) is 5.26. The summed E-state index contributed by atoms with van der Waals surface area (Å²) in [5, 5.41) is 8.21. The number of nitrogens with one attached hydrogen (secondary N) is 3. The maximum Gasteiger partial charge on any atom is 0.255 e. The summed E-state index contributed by atoms with van der Waals surface area (Å²) in [6.45, 7) is 1.42. The molecule has 1 aliphatic heterocycles. The molecule has 1 heterocycles. The van der Waals surface area contributed by atoms with E-state index in [-0.39, 0.29) is 17.7 Å². The highest BCUT2D eigenvalue weighted by atomic mass is 32.2. The normalized spacial score (nSPS) is 12.8. The van der Waals surface area contributed by atoms with Crippen LogP contribution in [0.4, 0.5) is 17.1 Å². The Morgan fingerprint density at radius 1 is 1.08 bits per heavy atom. The fraction of sp³-hybridized carbons (Fsp3) is 0.118. The third kappa shape index (κ3) is 3.75. The average Bonchev–Trinajstić information content (AvgIpc) is 2.53. The van der Waals surface area contributed by atoms with Crippen molar-refractivity contribution >= 4 is 46.5 Å². The number of amides is 3. The minimum Gasteiger partial charge on any atom is -0.326 e. The van der Waals surface area contributed by atoms with Gasteiger partial charge in [-0.05, 0) is 36.4 Å². The smallest absolute Gasteiger partial charge is 0.255 e. The highest BCUT2D eigenvalue weighted by Crippen LogP contribution is 2.32. The SMILES string of the molecule is CC(=O)Nc1cccc(NC(=O)c2ccc3c(c2)NC(=O)CS3)c1. The van der Waals surface area contributed by atoms with Crippen LogP contribution in [0, 0.1) is 0 Å². The molecular weight excluding hydrogens is 326 g/mol. The number of carbonyl (C=O) groups excluding carboxylic acids is 3. The lowest BCUT2D eigenvalue weighted by Gasteiger charge is -2.17. The summed E-state index contributed by atoms with van der Waals surface area (Å²) in [7, 11) is 0. The molecule has 6 nitrogen and oxygen atoms in total. The van der Waals surface area contributed by atoms with Crippen molar-refractivity contribution in [2.24, 2.45) is 0 Å². The summed E-state index contributed by atoms with van der Waals surface area (Å²) >= 11 is 1.44. The zero-order valence-electron chi connectivity index (χ0n) is 12.9. The number of hydrogen-bond donors (Lipinski definition) is 3. The molecule has 0 fully saturated rings. The monoisotopic (exact) mass is 341 g/mol. The first-order valence-electron chi connectivity index (χ1n) is 7.27. The van der Waals surface area contributed by atoms with Crippen LogP contribution in [0.15, 0.2) is 47.4 Å². The number of thioether (sulfide) groups is 1. The van der Waals surface area contributed by atoms with Gasteiger partial charge in [-0.25, -0.2) is 0 Å². The van der Waals surface area contributed by atoms with Crippen molar-refractivity contribution in [2.45, 2.75) is 11.8 Å². The van der Waals surface area contributed by atoms with Gasteiger partial charge in [0.15, 0.2) is 0 Å². The number of hydrogen-bond acceptors (Lipinski definition) is 4. The first-order chi connectivity index (χ1) is 11.5. The average molecular weight is 341 g/mol. The molecule has 0 aliphatic carbocycles. The summed E-state index contributed by atoms with van der Waals surface area (Å²) in [6.07, 6.45) is 0. The summed E-state index contributed by atoms with van der Waals surface area (Å²) < 4.78 is 0. The molecule has 7 heteroatoms. The predicted molar refractivity (Wildman–Crippen MR) is 94.5 cm³/mol. The molecule has 2 aromatic carbocycles. The van der Waals surface area contributed by atoms with E-state index in [1.165, 1.54) is 18.7 Å². The van der Waals surface area contributed by atoms with E-state index < -0.39 is 0 Å². The molecular formula is C17H15N3O3S.